The number of ether oxygens (including phenoxy) is 4. The van der Waals surface area contributed by atoms with Crippen LogP contribution in [0.3, 0.4) is 0 Å². The summed E-state index contributed by atoms with van der Waals surface area (Å²) in [5, 5.41) is 9.65. The van der Waals surface area contributed by atoms with E-state index in [1.807, 2.05) is 21.1 Å². The molecule has 65 heavy (non-hydrogen) atoms. The Kier molecular flexibility index (Phi) is 44.0. The van der Waals surface area contributed by atoms with Crippen LogP contribution in [0.15, 0.2) is 97.2 Å². The van der Waals surface area contributed by atoms with Crippen molar-refractivity contribution in [3.8, 4) is 0 Å². The fourth-order valence-electron chi connectivity index (χ4n) is 6.44. The number of aliphatic carboxylic acids is 1. The molecule has 2 atom stereocenters. The Hall–Kier alpha value is -3.79. The van der Waals surface area contributed by atoms with Gasteiger partial charge in [0.1, 0.15) is 13.2 Å². The third-order valence-corrected chi connectivity index (χ3v) is 10.4. The predicted molar refractivity (Wildman–Crippen MR) is 272 cm³/mol. The van der Waals surface area contributed by atoms with Crippen LogP contribution in [0.2, 0.25) is 0 Å². The summed E-state index contributed by atoms with van der Waals surface area (Å²) >= 11 is 0. The standard InChI is InChI=1S/C56H93NO8/c1-6-8-10-12-14-16-18-19-20-21-22-23-24-25-26-27-28-29-30-31-32-33-34-35-37-39-41-43-45-47-54(59)65-52(51-64-56(55(60)61)62-49-48-57(3,4)5)50-63-53(58)46-44-42-40-38-36-17-15-13-11-9-7-2/h8,10,14,16,19-20,22-23,25-26,28-29,31-32,34-35,52,56H,6-7,9,11-13,15,17-18,21,24,27,30,33,36-51H2,1-5H3/p+1/b10-8-,16-14-,20-19-,23-22-,26-25-,29-28-,32-31-,35-34-. The summed E-state index contributed by atoms with van der Waals surface area (Å²) in [4.78, 5) is 37.2. The second-order valence-corrected chi connectivity index (χ2v) is 17.8. The average molecular weight is 909 g/mol. The molecule has 0 aliphatic rings. The van der Waals surface area contributed by atoms with Crippen LogP contribution in [0.1, 0.15) is 181 Å². The zero-order chi connectivity index (χ0) is 47.7. The van der Waals surface area contributed by atoms with Crippen LogP contribution in [0.5, 0.6) is 0 Å². The molecule has 370 valence electrons. The maximum atomic E-state index is 12.8. The van der Waals surface area contributed by atoms with E-state index in [4.69, 9.17) is 18.9 Å². The van der Waals surface area contributed by atoms with E-state index in [2.05, 4.69) is 111 Å². The van der Waals surface area contributed by atoms with Crippen LogP contribution in [-0.2, 0) is 33.3 Å². The summed E-state index contributed by atoms with van der Waals surface area (Å²) in [7, 11) is 5.94. The zero-order valence-corrected chi connectivity index (χ0v) is 41.9. The number of likely N-dealkylation sites (N-methyl/N-ethyl adjacent to an activating group) is 1. The highest BCUT2D eigenvalue weighted by molar-refractivity contribution is 5.71. The molecule has 1 N–H and O–H groups in total. The molecule has 0 aromatic carbocycles. The Balaban J connectivity index is 4.36. The fourth-order valence-corrected chi connectivity index (χ4v) is 6.44. The highest BCUT2D eigenvalue weighted by Gasteiger charge is 2.25. The average Bonchev–Trinajstić information content (AvgIpc) is 3.27. The molecule has 0 aromatic rings. The van der Waals surface area contributed by atoms with Gasteiger partial charge in [-0.1, -0.05) is 188 Å². The van der Waals surface area contributed by atoms with Crippen molar-refractivity contribution in [3.63, 3.8) is 0 Å². The summed E-state index contributed by atoms with van der Waals surface area (Å²) in [6, 6.07) is 0. The molecule has 0 radical (unpaired) electrons. The number of rotatable bonds is 45. The third-order valence-electron chi connectivity index (χ3n) is 10.4. The molecule has 0 aliphatic carbocycles. The van der Waals surface area contributed by atoms with Crippen molar-refractivity contribution in [3.05, 3.63) is 97.2 Å². The largest absolute Gasteiger partial charge is 0.477 e. The van der Waals surface area contributed by atoms with E-state index in [0.29, 0.717) is 23.9 Å². The Morgan fingerprint density at radius 2 is 0.877 bits per heavy atom. The Bertz CT molecular complexity index is 1380. The number of carboxylic acid groups (broad SMARTS) is 1. The second-order valence-electron chi connectivity index (χ2n) is 17.8. The van der Waals surface area contributed by atoms with E-state index in [-0.39, 0.29) is 32.2 Å². The van der Waals surface area contributed by atoms with E-state index in [1.54, 1.807) is 0 Å². The van der Waals surface area contributed by atoms with Crippen molar-refractivity contribution in [2.75, 3.05) is 47.5 Å². The van der Waals surface area contributed by atoms with Crippen LogP contribution < -0.4 is 0 Å². The van der Waals surface area contributed by atoms with Gasteiger partial charge in [0.05, 0.1) is 34.4 Å². The first-order valence-corrected chi connectivity index (χ1v) is 25.4. The van der Waals surface area contributed by atoms with E-state index in [9.17, 15) is 19.5 Å². The Morgan fingerprint density at radius 1 is 0.477 bits per heavy atom. The second kappa shape index (κ2) is 46.7. The SMILES string of the molecule is CC/C=C\C/C=C\C/C=C\C/C=C\C/C=C\C/C=C\C/C=C\C/C=C\CCCCCCC(=O)OC(COC(=O)CCCCCCCCCCCCC)COC(OCC[N+](C)(C)C)C(=O)O. The number of hydrogen-bond donors (Lipinski definition) is 1. The summed E-state index contributed by atoms with van der Waals surface area (Å²) < 4.78 is 22.7. The number of hydrogen-bond acceptors (Lipinski definition) is 7. The summed E-state index contributed by atoms with van der Waals surface area (Å²) in [6.07, 6.45) is 59.0. The minimum Gasteiger partial charge on any atom is -0.477 e. The van der Waals surface area contributed by atoms with Crippen molar-refractivity contribution in [2.24, 2.45) is 0 Å². The van der Waals surface area contributed by atoms with Gasteiger partial charge >= 0.3 is 17.9 Å². The van der Waals surface area contributed by atoms with E-state index < -0.39 is 24.3 Å². The molecule has 0 saturated carbocycles. The normalized spacial score (nSPS) is 13.7. The van der Waals surface area contributed by atoms with Gasteiger partial charge in [0.25, 0.3) is 6.29 Å². The minimum absolute atomic E-state index is 0.178. The maximum Gasteiger partial charge on any atom is 0.361 e. The molecule has 0 aliphatic heterocycles. The first-order chi connectivity index (χ1) is 31.6. The van der Waals surface area contributed by atoms with Gasteiger partial charge in [-0.2, -0.15) is 0 Å². The van der Waals surface area contributed by atoms with Gasteiger partial charge in [-0.3, -0.25) is 9.59 Å². The molecule has 9 heteroatoms. The van der Waals surface area contributed by atoms with Gasteiger partial charge in [-0.25, -0.2) is 4.79 Å². The third kappa shape index (κ3) is 48.0. The summed E-state index contributed by atoms with van der Waals surface area (Å²) in [6.45, 7) is 4.70. The number of unbranched alkanes of at least 4 members (excludes halogenated alkanes) is 14. The van der Waals surface area contributed by atoms with Crippen molar-refractivity contribution in [1.82, 2.24) is 0 Å². The monoisotopic (exact) mass is 909 g/mol. The molecule has 0 heterocycles. The molecule has 2 unspecified atom stereocenters. The number of esters is 2. The van der Waals surface area contributed by atoms with Crippen LogP contribution in [0.25, 0.3) is 0 Å². The van der Waals surface area contributed by atoms with E-state index in [0.717, 1.165) is 96.3 Å². The van der Waals surface area contributed by atoms with Crippen LogP contribution in [0, 0.1) is 0 Å². The smallest absolute Gasteiger partial charge is 0.361 e. The van der Waals surface area contributed by atoms with Crippen molar-refractivity contribution < 1.29 is 42.9 Å². The molecule has 0 bridgehead atoms. The molecular weight excluding hydrogens is 815 g/mol. The van der Waals surface area contributed by atoms with Gasteiger partial charge in [0, 0.05) is 12.8 Å². The summed E-state index contributed by atoms with van der Waals surface area (Å²) in [5.41, 5.74) is 0. The van der Waals surface area contributed by atoms with Gasteiger partial charge in [0.2, 0.25) is 0 Å². The van der Waals surface area contributed by atoms with Crippen molar-refractivity contribution >= 4 is 17.9 Å². The van der Waals surface area contributed by atoms with E-state index in [1.165, 1.54) is 51.4 Å². The number of carbonyl (C=O) groups excluding carboxylic acids is 2. The lowest BCUT2D eigenvalue weighted by Crippen LogP contribution is -2.40. The van der Waals surface area contributed by atoms with Gasteiger partial charge in [0.15, 0.2) is 6.10 Å². The lowest BCUT2D eigenvalue weighted by atomic mass is 10.1. The lowest BCUT2D eigenvalue weighted by molar-refractivity contribution is -0.870. The Morgan fingerprint density at radius 3 is 1.31 bits per heavy atom. The predicted octanol–water partition coefficient (Wildman–Crippen LogP) is 14.2. The summed E-state index contributed by atoms with van der Waals surface area (Å²) in [5.74, 6) is -2.05. The first kappa shape index (κ1) is 61.2. The van der Waals surface area contributed by atoms with Crippen LogP contribution in [0.4, 0.5) is 0 Å². The molecule has 0 spiro atoms. The van der Waals surface area contributed by atoms with Crippen LogP contribution in [-0.4, -0.2) is 87.4 Å². The number of quaternary nitrogens is 1. The van der Waals surface area contributed by atoms with Crippen molar-refractivity contribution in [2.45, 2.75) is 193 Å². The maximum absolute atomic E-state index is 12.8. The van der Waals surface area contributed by atoms with Gasteiger partial charge in [-0.15, -0.1) is 0 Å². The molecule has 0 amide bonds. The minimum atomic E-state index is -1.52. The van der Waals surface area contributed by atoms with Crippen molar-refractivity contribution in [1.29, 1.82) is 0 Å². The lowest BCUT2D eigenvalue weighted by Gasteiger charge is -2.25. The number of nitrogens with zero attached hydrogens (tertiary/aromatic N) is 1. The van der Waals surface area contributed by atoms with Gasteiger partial charge in [-0.05, 0) is 77.0 Å². The molecule has 9 nitrogen and oxygen atoms in total. The van der Waals surface area contributed by atoms with Crippen LogP contribution >= 0.6 is 0 Å². The molecule has 0 rings (SSSR count). The number of allylic oxidation sites excluding steroid dienone is 16. The highest BCUT2D eigenvalue weighted by Crippen LogP contribution is 2.14. The number of carboxylic acids is 1. The zero-order valence-electron chi connectivity index (χ0n) is 41.9. The Labute approximate surface area is 397 Å². The molecule has 0 saturated heterocycles. The first-order valence-electron chi connectivity index (χ1n) is 25.4. The molecular formula is C56H94NO8+. The fraction of sp³-hybridized carbons (Fsp3) is 0.661. The topological polar surface area (TPSA) is 108 Å². The van der Waals surface area contributed by atoms with Gasteiger partial charge < -0.3 is 28.5 Å². The molecule has 0 aromatic heterocycles. The van der Waals surface area contributed by atoms with E-state index >= 15 is 0 Å². The number of carbonyl (C=O) groups is 3. The quantitative estimate of drug-likeness (QED) is 0.0212. The molecule has 0 fully saturated rings. The highest BCUT2D eigenvalue weighted by atomic mass is 16.7.